The summed E-state index contributed by atoms with van der Waals surface area (Å²) in [6.45, 7) is 9.33. The second-order valence-electron chi connectivity index (χ2n) is 7.28. The monoisotopic (exact) mass is 497 g/mol. The third-order valence-corrected chi connectivity index (χ3v) is 4.76. The average Bonchev–Trinajstić information content (AvgIpc) is 2.89. The van der Waals surface area contributed by atoms with Gasteiger partial charge in [-0.2, -0.15) is 15.8 Å². The maximum Gasteiger partial charge on any atom is 0.339 e. The Bertz CT molecular complexity index is 1330. The van der Waals surface area contributed by atoms with E-state index in [2.05, 4.69) is 28.7 Å². The summed E-state index contributed by atoms with van der Waals surface area (Å²) in [7, 11) is 1.48. The van der Waals surface area contributed by atoms with Crippen LogP contribution in [-0.2, 0) is 9.53 Å². The number of benzene rings is 2. The molecule has 0 aliphatic rings. The molecule has 0 aliphatic heterocycles. The third-order valence-electron chi connectivity index (χ3n) is 4.76. The molecule has 0 atom stereocenters. The number of nitrogens with one attached hydrogen (secondary N) is 1. The molecule has 0 unspecified atom stereocenters. The van der Waals surface area contributed by atoms with Gasteiger partial charge < -0.3 is 19.7 Å². The molecular formula is C26H23N7O4. The van der Waals surface area contributed by atoms with Crippen molar-refractivity contribution in [2.75, 3.05) is 37.0 Å². The Morgan fingerprint density at radius 2 is 1.68 bits per heavy atom. The quantitative estimate of drug-likeness (QED) is 0.266. The zero-order valence-electron chi connectivity index (χ0n) is 20.3. The van der Waals surface area contributed by atoms with Gasteiger partial charge >= 0.3 is 5.97 Å². The van der Waals surface area contributed by atoms with Crippen molar-refractivity contribution in [2.45, 2.75) is 6.92 Å². The number of anilines is 2. The number of esters is 1. The summed E-state index contributed by atoms with van der Waals surface area (Å²) in [6, 6.07) is 11.0. The Morgan fingerprint density at radius 1 is 1.05 bits per heavy atom. The van der Waals surface area contributed by atoms with Gasteiger partial charge in [0.2, 0.25) is 5.91 Å². The SMILES string of the molecule is C=CCN(CC=C)c1cc(NC(C)=O)c(/N=N/c2c(C#N)cc(C(=O)OCC#N)cc2C#N)cc1OC. The molecule has 2 aromatic carbocycles. The highest BCUT2D eigenvalue weighted by atomic mass is 16.5. The molecule has 11 nitrogen and oxygen atoms in total. The summed E-state index contributed by atoms with van der Waals surface area (Å²) < 4.78 is 10.3. The van der Waals surface area contributed by atoms with E-state index in [0.29, 0.717) is 30.2 Å². The van der Waals surface area contributed by atoms with Crippen LogP contribution in [0.1, 0.15) is 28.4 Å². The van der Waals surface area contributed by atoms with Crippen LogP contribution in [0, 0.1) is 34.0 Å². The van der Waals surface area contributed by atoms with E-state index in [0.717, 1.165) is 0 Å². The lowest BCUT2D eigenvalue weighted by molar-refractivity contribution is -0.114. The van der Waals surface area contributed by atoms with Crippen LogP contribution < -0.4 is 15.0 Å². The van der Waals surface area contributed by atoms with Gasteiger partial charge in [0.1, 0.15) is 35.3 Å². The van der Waals surface area contributed by atoms with Crippen molar-refractivity contribution in [2.24, 2.45) is 10.2 Å². The van der Waals surface area contributed by atoms with Crippen molar-refractivity contribution in [3.8, 4) is 24.0 Å². The maximum atomic E-state index is 12.1. The van der Waals surface area contributed by atoms with E-state index < -0.39 is 12.6 Å². The fourth-order valence-electron chi connectivity index (χ4n) is 3.24. The predicted octanol–water partition coefficient (Wildman–Crippen LogP) is 4.67. The summed E-state index contributed by atoms with van der Waals surface area (Å²) in [5.74, 6) is -0.805. The first-order valence-corrected chi connectivity index (χ1v) is 10.7. The predicted molar refractivity (Wildman–Crippen MR) is 136 cm³/mol. The lowest BCUT2D eigenvalue weighted by atomic mass is 10.0. The minimum Gasteiger partial charge on any atom is -0.494 e. The minimum absolute atomic E-state index is 0.0846. The normalized spacial score (nSPS) is 9.92. The van der Waals surface area contributed by atoms with Crippen molar-refractivity contribution in [1.82, 2.24) is 0 Å². The summed E-state index contributed by atoms with van der Waals surface area (Å²) in [4.78, 5) is 25.9. The molecular weight excluding hydrogens is 474 g/mol. The van der Waals surface area contributed by atoms with Gasteiger partial charge in [0.05, 0.1) is 35.2 Å². The number of nitriles is 3. The number of ether oxygens (including phenoxy) is 2. The minimum atomic E-state index is -0.866. The molecule has 1 amide bonds. The molecule has 0 fully saturated rings. The smallest absolute Gasteiger partial charge is 0.339 e. The molecule has 186 valence electrons. The summed E-state index contributed by atoms with van der Waals surface area (Å²) >= 11 is 0. The fraction of sp³-hybridized carbons (Fsp3) is 0.192. The highest BCUT2D eigenvalue weighted by Crippen LogP contribution is 2.40. The van der Waals surface area contributed by atoms with Crippen LogP contribution in [0.25, 0.3) is 0 Å². The van der Waals surface area contributed by atoms with Crippen LogP contribution in [0.2, 0.25) is 0 Å². The largest absolute Gasteiger partial charge is 0.494 e. The molecule has 11 heteroatoms. The fourth-order valence-corrected chi connectivity index (χ4v) is 3.24. The standard InChI is InChI=1S/C26H23N7O4/c1-5-8-33(9-6-2)23-13-21(30-17(3)34)22(14-24(23)36-4)31-32-25-19(15-28)11-18(12-20(25)16-29)26(35)37-10-7-27/h5-6,11-14H,1-2,8-10H2,3-4H3,(H,30,34)/b32-31+. The van der Waals surface area contributed by atoms with Gasteiger partial charge in [-0.1, -0.05) is 12.2 Å². The molecule has 0 aliphatic carbocycles. The highest BCUT2D eigenvalue weighted by molar-refractivity contribution is 5.94. The lowest BCUT2D eigenvalue weighted by Crippen LogP contribution is -2.24. The van der Waals surface area contributed by atoms with Crippen LogP contribution in [0.5, 0.6) is 5.75 Å². The number of nitrogens with zero attached hydrogens (tertiary/aromatic N) is 6. The first kappa shape index (κ1) is 27.8. The van der Waals surface area contributed by atoms with Crippen LogP contribution in [0.15, 0.2) is 59.8 Å². The number of hydrogen-bond donors (Lipinski definition) is 1. The van der Waals surface area contributed by atoms with Crippen molar-refractivity contribution in [3.05, 3.63) is 66.3 Å². The maximum absolute atomic E-state index is 12.1. The van der Waals surface area contributed by atoms with E-state index in [-0.39, 0.29) is 34.0 Å². The lowest BCUT2D eigenvalue weighted by Gasteiger charge is -2.25. The number of amides is 1. The zero-order chi connectivity index (χ0) is 27.4. The molecule has 2 rings (SSSR count). The number of hydrogen-bond acceptors (Lipinski definition) is 10. The summed E-state index contributed by atoms with van der Waals surface area (Å²) in [6.07, 6.45) is 3.42. The van der Waals surface area contributed by atoms with Gasteiger partial charge in [0.15, 0.2) is 6.61 Å². The van der Waals surface area contributed by atoms with Crippen molar-refractivity contribution < 1.29 is 19.1 Å². The Morgan fingerprint density at radius 3 is 2.16 bits per heavy atom. The highest BCUT2D eigenvalue weighted by Gasteiger charge is 2.18. The third kappa shape index (κ3) is 7.01. The molecule has 1 N–H and O–H groups in total. The molecule has 0 heterocycles. The van der Waals surface area contributed by atoms with Crippen molar-refractivity contribution in [3.63, 3.8) is 0 Å². The number of azo groups is 1. The van der Waals surface area contributed by atoms with Crippen LogP contribution >= 0.6 is 0 Å². The first-order chi connectivity index (χ1) is 17.8. The number of methoxy groups -OCH3 is 1. The van der Waals surface area contributed by atoms with Gasteiger partial charge in [-0.05, 0) is 18.2 Å². The molecule has 0 bridgehead atoms. The molecule has 0 saturated carbocycles. The summed E-state index contributed by atoms with van der Waals surface area (Å²) in [5, 5.41) is 38.8. The van der Waals surface area contributed by atoms with Crippen LogP contribution in [-0.4, -0.2) is 38.7 Å². The number of carbonyl (C=O) groups is 2. The van der Waals surface area contributed by atoms with Crippen LogP contribution in [0.4, 0.5) is 22.7 Å². The molecule has 2 aromatic rings. The van der Waals surface area contributed by atoms with Gasteiger partial charge in [0, 0.05) is 26.1 Å². The Hall–Kier alpha value is -5.47. The first-order valence-electron chi connectivity index (χ1n) is 10.7. The topological polar surface area (TPSA) is 164 Å². The number of carbonyl (C=O) groups excluding carboxylic acids is 2. The van der Waals surface area contributed by atoms with Gasteiger partial charge in [-0.3, -0.25) is 4.79 Å². The van der Waals surface area contributed by atoms with Gasteiger partial charge in [-0.25, -0.2) is 4.79 Å². The number of rotatable bonds is 11. The second-order valence-corrected chi connectivity index (χ2v) is 7.28. The molecule has 37 heavy (non-hydrogen) atoms. The van der Waals surface area contributed by atoms with Crippen molar-refractivity contribution in [1.29, 1.82) is 15.8 Å². The Balaban J connectivity index is 2.65. The molecule has 0 saturated heterocycles. The van der Waals surface area contributed by atoms with E-state index in [1.807, 2.05) is 17.0 Å². The molecule has 0 radical (unpaired) electrons. The van der Waals surface area contributed by atoms with Gasteiger partial charge in [-0.15, -0.1) is 23.4 Å². The molecule has 0 aromatic heterocycles. The molecule has 0 spiro atoms. The van der Waals surface area contributed by atoms with Crippen molar-refractivity contribution >= 4 is 34.6 Å². The van der Waals surface area contributed by atoms with E-state index in [9.17, 15) is 20.1 Å². The van der Waals surface area contributed by atoms with E-state index >= 15 is 0 Å². The van der Waals surface area contributed by atoms with E-state index in [1.54, 1.807) is 30.4 Å². The Kier molecular flexibility index (Phi) is 10.1. The average molecular weight is 498 g/mol. The van der Waals surface area contributed by atoms with Crippen LogP contribution in [0.3, 0.4) is 0 Å². The zero-order valence-corrected chi connectivity index (χ0v) is 20.3. The Labute approximate surface area is 214 Å². The van der Waals surface area contributed by atoms with Gasteiger partial charge in [0.25, 0.3) is 0 Å². The van der Waals surface area contributed by atoms with E-state index in [1.165, 1.54) is 26.2 Å². The second kappa shape index (κ2) is 13.4. The van der Waals surface area contributed by atoms with E-state index in [4.69, 9.17) is 14.7 Å². The summed E-state index contributed by atoms with van der Waals surface area (Å²) in [5.41, 5.74) is 0.743.